The number of rotatable bonds is 6. The summed E-state index contributed by atoms with van der Waals surface area (Å²) in [6, 6.07) is 0. The van der Waals surface area contributed by atoms with E-state index < -0.39 is 0 Å². The van der Waals surface area contributed by atoms with Gasteiger partial charge in [0.25, 0.3) is 0 Å². The van der Waals surface area contributed by atoms with E-state index in [2.05, 4.69) is 5.32 Å². The van der Waals surface area contributed by atoms with E-state index in [9.17, 15) is 4.79 Å². The Kier molecular flexibility index (Phi) is 6.52. The highest BCUT2D eigenvalue weighted by Gasteiger charge is 2.36. The fourth-order valence-electron chi connectivity index (χ4n) is 2.50. The molecule has 3 N–H and O–H groups in total. The molecule has 0 spiro atoms. The van der Waals surface area contributed by atoms with E-state index in [4.69, 9.17) is 10.5 Å². The van der Waals surface area contributed by atoms with Gasteiger partial charge in [-0.15, -0.1) is 0 Å². The summed E-state index contributed by atoms with van der Waals surface area (Å²) < 4.78 is 5.22. The average Bonchev–Trinajstić information content (AvgIpc) is 2.60. The minimum absolute atomic E-state index is 0.126. The molecule has 17 heavy (non-hydrogen) atoms. The van der Waals surface area contributed by atoms with Crippen LogP contribution in [0.2, 0.25) is 0 Å². The molecule has 0 saturated heterocycles. The van der Waals surface area contributed by atoms with Crippen molar-refractivity contribution in [3.63, 3.8) is 0 Å². The van der Waals surface area contributed by atoms with Crippen LogP contribution >= 0.6 is 0 Å². The quantitative estimate of drug-likeness (QED) is 0.547. The van der Waals surface area contributed by atoms with E-state index in [-0.39, 0.29) is 11.3 Å². The second-order valence-corrected chi connectivity index (χ2v) is 4.85. The molecule has 0 aromatic carbocycles. The SMILES string of the molecule is CCOCCNC(=O)C1(CN)CCCCCC1. The highest BCUT2D eigenvalue weighted by atomic mass is 16.5. The van der Waals surface area contributed by atoms with Crippen LogP contribution in [0, 0.1) is 5.41 Å². The van der Waals surface area contributed by atoms with E-state index >= 15 is 0 Å². The first-order chi connectivity index (χ1) is 8.25. The van der Waals surface area contributed by atoms with Gasteiger partial charge in [0.1, 0.15) is 0 Å². The maximum atomic E-state index is 12.2. The Hall–Kier alpha value is -0.610. The Morgan fingerprint density at radius 3 is 2.47 bits per heavy atom. The number of amides is 1. The highest BCUT2D eigenvalue weighted by molar-refractivity contribution is 5.82. The predicted octanol–water partition coefficient (Wildman–Crippen LogP) is 1.44. The van der Waals surface area contributed by atoms with Crippen molar-refractivity contribution >= 4 is 5.91 Å². The topological polar surface area (TPSA) is 64.3 Å². The molecule has 4 nitrogen and oxygen atoms in total. The Bertz CT molecular complexity index is 223. The molecule has 1 aliphatic carbocycles. The van der Waals surface area contributed by atoms with Gasteiger partial charge in [0.05, 0.1) is 12.0 Å². The largest absolute Gasteiger partial charge is 0.380 e. The lowest BCUT2D eigenvalue weighted by Gasteiger charge is -2.29. The molecule has 0 heterocycles. The summed E-state index contributed by atoms with van der Waals surface area (Å²) in [5.41, 5.74) is 5.53. The smallest absolute Gasteiger partial charge is 0.227 e. The molecular weight excluding hydrogens is 216 g/mol. The van der Waals surface area contributed by atoms with Crippen LogP contribution in [-0.4, -0.2) is 32.2 Å². The van der Waals surface area contributed by atoms with Crippen LogP contribution in [0.25, 0.3) is 0 Å². The fraction of sp³-hybridized carbons (Fsp3) is 0.923. The van der Waals surface area contributed by atoms with Crippen LogP contribution in [0.5, 0.6) is 0 Å². The minimum Gasteiger partial charge on any atom is -0.380 e. The molecule has 1 saturated carbocycles. The number of carbonyl (C=O) groups is 1. The fourth-order valence-corrected chi connectivity index (χ4v) is 2.50. The molecule has 0 aliphatic heterocycles. The second kappa shape index (κ2) is 7.67. The Morgan fingerprint density at radius 2 is 1.94 bits per heavy atom. The van der Waals surface area contributed by atoms with Gasteiger partial charge in [0.15, 0.2) is 0 Å². The Labute approximate surface area is 104 Å². The van der Waals surface area contributed by atoms with Crippen molar-refractivity contribution in [3.05, 3.63) is 0 Å². The van der Waals surface area contributed by atoms with Crippen molar-refractivity contribution < 1.29 is 9.53 Å². The van der Waals surface area contributed by atoms with Crippen LogP contribution in [0.3, 0.4) is 0 Å². The zero-order valence-electron chi connectivity index (χ0n) is 11.0. The molecule has 0 bridgehead atoms. The first-order valence-corrected chi connectivity index (χ1v) is 6.81. The third kappa shape index (κ3) is 4.28. The van der Waals surface area contributed by atoms with Gasteiger partial charge in [0, 0.05) is 19.7 Å². The predicted molar refractivity (Wildman–Crippen MR) is 68.7 cm³/mol. The molecule has 0 aromatic rings. The lowest BCUT2D eigenvalue weighted by atomic mass is 9.79. The van der Waals surface area contributed by atoms with Gasteiger partial charge in [-0.1, -0.05) is 25.7 Å². The van der Waals surface area contributed by atoms with Gasteiger partial charge in [-0.3, -0.25) is 4.79 Å². The summed E-state index contributed by atoms with van der Waals surface area (Å²) in [6.45, 7) is 4.29. The number of hydrogen-bond acceptors (Lipinski definition) is 3. The molecule has 4 heteroatoms. The normalized spacial score (nSPS) is 19.6. The molecule has 100 valence electrons. The van der Waals surface area contributed by atoms with Crippen LogP contribution in [0.4, 0.5) is 0 Å². The van der Waals surface area contributed by atoms with Crippen LogP contribution in [-0.2, 0) is 9.53 Å². The number of carbonyl (C=O) groups excluding carboxylic acids is 1. The van der Waals surface area contributed by atoms with Crippen molar-refractivity contribution in [2.75, 3.05) is 26.3 Å². The van der Waals surface area contributed by atoms with Crippen LogP contribution in [0.15, 0.2) is 0 Å². The lowest BCUT2D eigenvalue weighted by molar-refractivity contribution is -0.131. The first-order valence-electron chi connectivity index (χ1n) is 6.81. The number of hydrogen-bond donors (Lipinski definition) is 2. The first kappa shape index (κ1) is 14.5. The Morgan fingerprint density at radius 1 is 1.29 bits per heavy atom. The summed E-state index contributed by atoms with van der Waals surface area (Å²) >= 11 is 0. The summed E-state index contributed by atoms with van der Waals surface area (Å²) in [4.78, 5) is 12.2. The number of nitrogens with one attached hydrogen (secondary N) is 1. The van der Waals surface area contributed by atoms with Crippen LogP contribution < -0.4 is 11.1 Å². The molecular formula is C13H26N2O2. The van der Waals surface area contributed by atoms with Gasteiger partial charge >= 0.3 is 0 Å². The van der Waals surface area contributed by atoms with E-state index in [0.717, 1.165) is 25.7 Å². The zero-order chi connectivity index (χ0) is 12.6. The standard InChI is InChI=1S/C13H26N2O2/c1-2-17-10-9-15-12(16)13(11-14)7-5-3-4-6-8-13/h2-11,14H2,1H3,(H,15,16). The highest BCUT2D eigenvalue weighted by Crippen LogP contribution is 2.34. The van der Waals surface area contributed by atoms with Gasteiger partial charge in [0.2, 0.25) is 5.91 Å². The van der Waals surface area contributed by atoms with Gasteiger partial charge in [-0.2, -0.15) is 0 Å². The number of ether oxygens (including phenoxy) is 1. The monoisotopic (exact) mass is 242 g/mol. The molecule has 1 aliphatic rings. The molecule has 0 unspecified atom stereocenters. The maximum Gasteiger partial charge on any atom is 0.227 e. The maximum absolute atomic E-state index is 12.2. The van der Waals surface area contributed by atoms with E-state index in [1.807, 2.05) is 6.92 Å². The van der Waals surface area contributed by atoms with Crippen LogP contribution in [0.1, 0.15) is 45.4 Å². The molecule has 1 rings (SSSR count). The molecule has 1 amide bonds. The van der Waals surface area contributed by atoms with E-state index in [1.54, 1.807) is 0 Å². The third-order valence-electron chi connectivity index (χ3n) is 3.67. The number of nitrogens with two attached hydrogens (primary N) is 1. The molecule has 1 fully saturated rings. The zero-order valence-corrected chi connectivity index (χ0v) is 11.0. The van der Waals surface area contributed by atoms with Gasteiger partial charge in [-0.05, 0) is 19.8 Å². The second-order valence-electron chi connectivity index (χ2n) is 4.85. The van der Waals surface area contributed by atoms with Gasteiger partial charge in [-0.25, -0.2) is 0 Å². The molecule has 0 aromatic heterocycles. The summed E-state index contributed by atoms with van der Waals surface area (Å²) in [6.07, 6.45) is 6.57. The van der Waals surface area contributed by atoms with E-state index in [0.29, 0.717) is 26.3 Å². The molecule has 0 atom stereocenters. The third-order valence-corrected chi connectivity index (χ3v) is 3.67. The lowest BCUT2D eigenvalue weighted by Crippen LogP contribution is -2.46. The minimum atomic E-state index is -0.317. The summed E-state index contributed by atoms with van der Waals surface area (Å²) in [7, 11) is 0. The summed E-state index contributed by atoms with van der Waals surface area (Å²) in [5, 5.41) is 2.96. The van der Waals surface area contributed by atoms with Crippen molar-refractivity contribution in [2.45, 2.75) is 45.4 Å². The van der Waals surface area contributed by atoms with Crippen molar-refractivity contribution in [3.8, 4) is 0 Å². The molecule has 0 radical (unpaired) electrons. The van der Waals surface area contributed by atoms with Crippen molar-refractivity contribution in [1.29, 1.82) is 0 Å². The van der Waals surface area contributed by atoms with Crippen molar-refractivity contribution in [2.24, 2.45) is 11.1 Å². The summed E-state index contributed by atoms with van der Waals surface area (Å²) in [5.74, 6) is 0.126. The van der Waals surface area contributed by atoms with Crippen molar-refractivity contribution in [1.82, 2.24) is 5.32 Å². The van der Waals surface area contributed by atoms with E-state index in [1.165, 1.54) is 12.8 Å². The average molecular weight is 242 g/mol. The van der Waals surface area contributed by atoms with Gasteiger partial charge < -0.3 is 15.8 Å². The Balaban J connectivity index is 2.43.